The predicted molar refractivity (Wildman–Crippen MR) is 79.3 cm³/mol. The number of hydrogen-bond donors (Lipinski definition) is 1. The summed E-state index contributed by atoms with van der Waals surface area (Å²) in [4.78, 5) is 14.2. The van der Waals surface area contributed by atoms with Crippen LogP contribution in [0.3, 0.4) is 0 Å². The van der Waals surface area contributed by atoms with E-state index in [1.54, 1.807) is 4.90 Å². The maximum absolute atomic E-state index is 12.4. The van der Waals surface area contributed by atoms with Gasteiger partial charge < -0.3 is 10.5 Å². The maximum atomic E-state index is 12.4. The molecule has 1 aliphatic heterocycles. The molecule has 4 heteroatoms. The summed E-state index contributed by atoms with van der Waals surface area (Å²) in [7, 11) is 0. The Balaban J connectivity index is 2.19. The van der Waals surface area contributed by atoms with Crippen LogP contribution < -0.4 is 5.73 Å². The third-order valence-electron chi connectivity index (χ3n) is 3.43. The Labute approximate surface area is 120 Å². The van der Waals surface area contributed by atoms with Gasteiger partial charge in [-0.05, 0) is 39.2 Å². The lowest BCUT2D eigenvalue weighted by Crippen LogP contribution is -2.49. The first kappa shape index (κ1) is 14.9. The van der Waals surface area contributed by atoms with Crippen LogP contribution in [0.15, 0.2) is 30.3 Å². The number of ether oxygens (including phenoxy) is 1. The van der Waals surface area contributed by atoms with E-state index >= 15 is 0 Å². The topological polar surface area (TPSA) is 55.6 Å². The molecule has 1 fully saturated rings. The van der Waals surface area contributed by atoms with E-state index in [9.17, 15) is 4.79 Å². The number of carbonyl (C=O) groups excluding carboxylic acids is 1. The van der Waals surface area contributed by atoms with Crippen molar-refractivity contribution in [2.45, 2.75) is 51.3 Å². The largest absolute Gasteiger partial charge is 0.444 e. The zero-order valence-corrected chi connectivity index (χ0v) is 12.5. The highest BCUT2D eigenvalue weighted by Crippen LogP contribution is 2.31. The lowest BCUT2D eigenvalue weighted by Gasteiger charge is -2.39. The number of benzene rings is 1. The molecule has 4 nitrogen and oxygen atoms in total. The van der Waals surface area contributed by atoms with E-state index in [0.717, 1.165) is 18.4 Å². The van der Waals surface area contributed by atoms with Crippen molar-refractivity contribution in [3.8, 4) is 0 Å². The fourth-order valence-electron chi connectivity index (χ4n) is 2.54. The Morgan fingerprint density at radius 2 is 1.90 bits per heavy atom. The van der Waals surface area contributed by atoms with Crippen LogP contribution in [0.25, 0.3) is 0 Å². The van der Waals surface area contributed by atoms with Crippen molar-refractivity contribution in [1.29, 1.82) is 0 Å². The first-order valence-corrected chi connectivity index (χ1v) is 7.17. The summed E-state index contributed by atoms with van der Waals surface area (Å²) in [6.45, 7) is 6.19. The molecule has 1 saturated heterocycles. The van der Waals surface area contributed by atoms with Crippen molar-refractivity contribution in [3.63, 3.8) is 0 Å². The standard InChI is InChI=1S/C16H24N2O2/c1-16(2,3)20-15(19)18-11-13(17)9-10-14(18)12-7-5-4-6-8-12/h4-8,13-14H,9-11,17H2,1-3H3/t13-,14+/m1/s1. The van der Waals surface area contributed by atoms with Gasteiger partial charge in [-0.1, -0.05) is 30.3 Å². The number of likely N-dealkylation sites (tertiary alicyclic amines) is 1. The molecule has 1 aromatic carbocycles. The number of hydrogen-bond acceptors (Lipinski definition) is 3. The molecule has 110 valence electrons. The van der Waals surface area contributed by atoms with E-state index in [0.29, 0.717) is 6.54 Å². The average molecular weight is 276 g/mol. The van der Waals surface area contributed by atoms with Crippen molar-refractivity contribution in [1.82, 2.24) is 4.90 Å². The molecule has 2 N–H and O–H groups in total. The van der Waals surface area contributed by atoms with Crippen LogP contribution in [0, 0.1) is 0 Å². The minimum absolute atomic E-state index is 0.0301. The molecule has 2 rings (SSSR count). The molecule has 1 aliphatic rings. The normalized spacial score (nSPS) is 23.5. The zero-order valence-electron chi connectivity index (χ0n) is 12.5. The Hall–Kier alpha value is -1.55. The Morgan fingerprint density at radius 1 is 1.25 bits per heavy atom. The van der Waals surface area contributed by atoms with Crippen molar-refractivity contribution in [2.75, 3.05) is 6.54 Å². The number of piperidine rings is 1. The fourth-order valence-corrected chi connectivity index (χ4v) is 2.54. The summed E-state index contributed by atoms with van der Waals surface area (Å²) in [5.41, 5.74) is 6.68. The lowest BCUT2D eigenvalue weighted by atomic mass is 9.93. The second-order valence-corrected chi connectivity index (χ2v) is 6.40. The van der Waals surface area contributed by atoms with Crippen LogP contribution in [0.4, 0.5) is 4.79 Å². The highest BCUT2D eigenvalue weighted by atomic mass is 16.6. The molecule has 0 radical (unpaired) electrons. The van der Waals surface area contributed by atoms with Crippen molar-refractivity contribution < 1.29 is 9.53 Å². The van der Waals surface area contributed by atoms with Gasteiger partial charge in [0, 0.05) is 12.6 Å². The van der Waals surface area contributed by atoms with E-state index in [2.05, 4.69) is 12.1 Å². The van der Waals surface area contributed by atoms with Crippen LogP contribution in [-0.2, 0) is 4.74 Å². The summed E-state index contributed by atoms with van der Waals surface area (Å²) in [5, 5.41) is 0. The van der Waals surface area contributed by atoms with Crippen molar-refractivity contribution in [3.05, 3.63) is 35.9 Å². The quantitative estimate of drug-likeness (QED) is 0.857. The van der Waals surface area contributed by atoms with Crippen molar-refractivity contribution >= 4 is 6.09 Å². The lowest BCUT2D eigenvalue weighted by molar-refractivity contribution is 0.00731. The summed E-state index contributed by atoms with van der Waals surface area (Å²) >= 11 is 0. The summed E-state index contributed by atoms with van der Waals surface area (Å²) in [6.07, 6.45) is 1.53. The molecule has 0 saturated carbocycles. The fraction of sp³-hybridized carbons (Fsp3) is 0.562. The number of carbonyl (C=O) groups is 1. The molecule has 0 unspecified atom stereocenters. The Morgan fingerprint density at radius 3 is 2.50 bits per heavy atom. The third-order valence-corrected chi connectivity index (χ3v) is 3.43. The van der Waals surface area contributed by atoms with Gasteiger partial charge in [-0.2, -0.15) is 0 Å². The highest BCUT2D eigenvalue weighted by Gasteiger charge is 2.33. The van der Waals surface area contributed by atoms with E-state index in [1.807, 2.05) is 39.0 Å². The van der Waals surface area contributed by atoms with Gasteiger partial charge in [0.2, 0.25) is 0 Å². The van der Waals surface area contributed by atoms with E-state index in [4.69, 9.17) is 10.5 Å². The molecule has 0 bridgehead atoms. The van der Waals surface area contributed by atoms with Gasteiger partial charge in [0.1, 0.15) is 5.60 Å². The van der Waals surface area contributed by atoms with Crippen LogP contribution >= 0.6 is 0 Å². The van der Waals surface area contributed by atoms with Crippen LogP contribution in [0.1, 0.15) is 45.2 Å². The second-order valence-electron chi connectivity index (χ2n) is 6.40. The first-order chi connectivity index (χ1) is 9.37. The molecular formula is C16H24N2O2. The minimum atomic E-state index is -0.486. The first-order valence-electron chi connectivity index (χ1n) is 7.17. The summed E-state index contributed by atoms with van der Waals surface area (Å²) in [5.74, 6) is 0. The minimum Gasteiger partial charge on any atom is -0.444 e. The van der Waals surface area contributed by atoms with E-state index < -0.39 is 5.60 Å². The number of nitrogens with two attached hydrogens (primary N) is 1. The van der Waals surface area contributed by atoms with Crippen molar-refractivity contribution in [2.24, 2.45) is 5.73 Å². The van der Waals surface area contributed by atoms with Gasteiger partial charge in [-0.15, -0.1) is 0 Å². The van der Waals surface area contributed by atoms with Gasteiger partial charge in [0.15, 0.2) is 0 Å². The zero-order chi connectivity index (χ0) is 14.8. The Bertz CT molecular complexity index is 453. The smallest absolute Gasteiger partial charge is 0.410 e. The molecule has 1 aromatic rings. The average Bonchev–Trinajstić information content (AvgIpc) is 2.37. The monoisotopic (exact) mass is 276 g/mol. The summed E-state index contributed by atoms with van der Waals surface area (Å²) in [6, 6.07) is 10.2. The predicted octanol–water partition coefficient (Wildman–Crippen LogP) is 3.09. The van der Waals surface area contributed by atoms with Gasteiger partial charge >= 0.3 is 6.09 Å². The van der Waals surface area contributed by atoms with Gasteiger partial charge in [0.25, 0.3) is 0 Å². The van der Waals surface area contributed by atoms with Gasteiger partial charge in [0.05, 0.1) is 6.04 Å². The summed E-state index contributed by atoms with van der Waals surface area (Å²) < 4.78 is 5.51. The van der Waals surface area contributed by atoms with Crippen LogP contribution in [-0.4, -0.2) is 29.2 Å². The maximum Gasteiger partial charge on any atom is 0.410 e. The van der Waals surface area contributed by atoms with Crippen LogP contribution in [0.5, 0.6) is 0 Å². The number of amides is 1. The van der Waals surface area contributed by atoms with Gasteiger partial charge in [-0.3, -0.25) is 4.90 Å². The number of rotatable bonds is 1. The molecule has 2 atom stereocenters. The number of nitrogens with zero attached hydrogens (tertiary/aromatic N) is 1. The van der Waals surface area contributed by atoms with E-state index in [1.165, 1.54) is 0 Å². The highest BCUT2D eigenvalue weighted by molar-refractivity contribution is 5.69. The SMILES string of the molecule is CC(C)(C)OC(=O)N1C[C@H](N)CC[C@H]1c1ccccc1. The molecule has 0 aromatic heterocycles. The van der Waals surface area contributed by atoms with Gasteiger partial charge in [-0.25, -0.2) is 4.79 Å². The molecule has 0 spiro atoms. The molecule has 1 heterocycles. The molecule has 20 heavy (non-hydrogen) atoms. The molecular weight excluding hydrogens is 252 g/mol. The Kier molecular flexibility index (Phi) is 4.33. The molecule has 0 aliphatic carbocycles. The second kappa shape index (κ2) is 5.83. The van der Waals surface area contributed by atoms with Crippen LogP contribution in [0.2, 0.25) is 0 Å². The third kappa shape index (κ3) is 3.73. The van der Waals surface area contributed by atoms with E-state index in [-0.39, 0.29) is 18.2 Å². The molecule has 1 amide bonds.